The van der Waals surface area contributed by atoms with Gasteiger partial charge in [0.2, 0.25) is 0 Å². The topological polar surface area (TPSA) is 85.9 Å². The van der Waals surface area contributed by atoms with Gasteiger partial charge in [0, 0.05) is 11.3 Å². The van der Waals surface area contributed by atoms with E-state index >= 15 is 0 Å². The summed E-state index contributed by atoms with van der Waals surface area (Å²) in [5, 5.41) is 5.53. The molecule has 7 nitrogen and oxygen atoms in total. The number of hydrogen-bond acceptors (Lipinski definition) is 5. The fraction of sp³-hybridized carbons (Fsp3) is 0.154. The van der Waals surface area contributed by atoms with Gasteiger partial charge in [-0.15, -0.1) is 0 Å². The number of carbonyl (C=O) groups excluding carboxylic acids is 2. The molecule has 0 aromatic heterocycles. The molecule has 0 radical (unpaired) electrons. The van der Waals surface area contributed by atoms with Crippen LogP contribution >= 0.6 is 0 Å². The Morgan fingerprint density at radius 3 is 2.06 bits per heavy atom. The molecule has 0 spiro atoms. The predicted molar refractivity (Wildman–Crippen MR) is 128 cm³/mol. The van der Waals surface area contributed by atoms with Crippen LogP contribution in [0.25, 0.3) is 6.08 Å². The predicted octanol–water partition coefficient (Wildman–Crippen LogP) is 4.43. The van der Waals surface area contributed by atoms with E-state index < -0.39 is 11.8 Å². The summed E-state index contributed by atoms with van der Waals surface area (Å²) < 4.78 is 15.7. The highest BCUT2D eigenvalue weighted by atomic mass is 16.5. The van der Waals surface area contributed by atoms with E-state index in [1.54, 1.807) is 67.8 Å². The minimum atomic E-state index is -0.463. The van der Waals surface area contributed by atoms with Gasteiger partial charge in [-0.25, -0.2) is 0 Å². The largest absolute Gasteiger partial charge is 0.497 e. The molecule has 170 valence electrons. The lowest BCUT2D eigenvalue weighted by Gasteiger charge is -2.13. The van der Waals surface area contributed by atoms with E-state index in [-0.39, 0.29) is 5.70 Å². The van der Waals surface area contributed by atoms with Crippen molar-refractivity contribution < 1.29 is 23.8 Å². The Balaban J connectivity index is 1.90. The number of hydrogen-bond donors (Lipinski definition) is 2. The zero-order valence-electron chi connectivity index (χ0n) is 19.0. The molecule has 0 saturated heterocycles. The molecule has 0 aliphatic rings. The quantitative estimate of drug-likeness (QED) is 0.500. The van der Waals surface area contributed by atoms with Crippen molar-refractivity contribution in [2.45, 2.75) is 6.92 Å². The molecule has 3 aromatic carbocycles. The number of ether oxygens (including phenoxy) is 3. The summed E-state index contributed by atoms with van der Waals surface area (Å²) in [4.78, 5) is 26.0. The first-order valence-electron chi connectivity index (χ1n) is 10.2. The maximum absolute atomic E-state index is 13.1. The van der Waals surface area contributed by atoms with Crippen molar-refractivity contribution in [1.82, 2.24) is 5.32 Å². The zero-order valence-corrected chi connectivity index (χ0v) is 19.0. The third kappa shape index (κ3) is 6.13. The van der Waals surface area contributed by atoms with E-state index in [4.69, 9.17) is 14.2 Å². The van der Waals surface area contributed by atoms with Gasteiger partial charge in [0.1, 0.15) is 11.4 Å². The highest BCUT2D eigenvalue weighted by Gasteiger charge is 2.17. The van der Waals surface area contributed by atoms with E-state index in [1.807, 2.05) is 19.1 Å². The second kappa shape index (κ2) is 10.9. The first kappa shape index (κ1) is 23.4. The highest BCUT2D eigenvalue weighted by molar-refractivity contribution is 6.10. The van der Waals surface area contributed by atoms with E-state index in [2.05, 4.69) is 10.6 Å². The Kier molecular flexibility index (Phi) is 7.70. The number of carbonyl (C=O) groups is 2. The second-order valence-electron chi connectivity index (χ2n) is 7.18. The van der Waals surface area contributed by atoms with Crippen LogP contribution in [0.2, 0.25) is 0 Å². The Bertz CT molecular complexity index is 1150. The van der Waals surface area contributed by atoms with Crippen LogP contribution in [-0.2, 0) is 4.79 Å². The number of methoxy groups -OCH3 is 3. The van der Waals surface area contributed by atoms with Crippen molar-refractivity contribution in [3.63, 3.8) is 0 Å². The third-order valence-corrected chi connectivity index (χ3v) is 4.87. The molecule has 7 heteroatoms. The number of aryl methyl sites for hydroxylation is 1. The monoisotopic (exact) mass is 446 g/mol. The minimum absolute atomic E-state index is 0.0838. The summed E-state index contributed by atoms with van der Waals surface area (Å²) >= 11 is 0. The van der Waals surface area contributed by atoms with Gasteiger partial charge in [0.25, 0.3) is 11.8 Å². The van der Waals surface area contributed by atoms with E-state index in [0.29, 0.717) is 28.5 Å². The average molecular weight is 447 g/mol. The number of anilines is 1. The van der Waals surface area contributed by atoms with Crippen LogP contribution in [0, 0.1) is 6.92 Å². The number of amides is 2. The Morgan fingerprint density at radius 1 is 0.788 bits per heavy atom. The molecule has 0 fully saturated rings. The van der Waals surface area contributed by atoms with Gasteiger partial charge in [0.15, 0.2) is 11.5 Å². The lowest BCUT2D eigenvalue weighted by Crippen LogP contribution is -2.30. The van der Waals surface area contributed by atoms with Gasteiger partial charge in [-0.2, -0.15) is 0 Å². The van der Waals surface area contributed by atoms with Crippen LogP contribution in [0.5, 0.6) is 17.2 Å². The van der Waals surface area contributed by atoms with Crippen LogP contribution in [0.4, 0.5) is 5.69 Å². The molecule has 2 N–H and O–H groups in total. The lowest BCUT2D eigenvalue weighted by atomic mass is 10.1. The smallest absolute Gasteiger partial charge is 0.272 e. The second-order valence-corrected chi connectivity index (χ2v) is 7.18. The molecule has 0 bridgehead atoms. The van der Waals surface area contributed by atoms with Crippen LogP contribution in [0.15, 0.2) is 72.4 Å². The first-order valence-corrected chi connectivity index (χ1v) is 10.2. The van der Waals surface area contributed by atoms with Crippen molar-refractivity contribution in [3.8, 4) is 17.2 Å². The lowest BCUT2D eigenvalue weighted by molar-refractivity contribution is -0.113. The molecule has 2 amide bonds. The summed E-state index contributed by atoms with van der Waals surface area (Å²) in [6.07, 6.45) is 1.60. The number of rotatable bonds is 8. The SMILES string of the molecule is COc1ccc(/C=C(\NC(=O)c2ccc(OC)c(OC)c2)C(=O)Nc2ccc(C)cc2)cc1. The van der Waals surface area contributed by atoms with Gasteiger partial charge < -0.3 is 24.8 Å². The molecule has 33 heavy (non-hydrogen) atoms. The fourth-order valence-electron chi connectivity index (χ4n) is 3.03. The molecular weight excluding hydrogens is 420 g/mol. The normalized spacial score (nSPS) is 10.8. The Labute approximate surface area is 193 Å². The molecule has 0 unspecified atom stereocenters. The van der Waals surface area contributed by atoms with E-state index in [0.717, 1.165) is 11.1 Å². The summed E-state index contributed by atoms with van der Waals surface area (Å²) in [6, 6.07) is 19.3. The van der Waals surface area contributed by atoms with Crippen molar-refractivity contribution in [2.24, 2.45) is 0 Å². The van der Waals surface area contributed by atoms with Crippen molar-refractivity contribution in [2.75, 3.05) is 26.6 Å². The maximum atomic E-state index is 13.1. The number of nitrogens with one attached hydrogen (secondary N) is 2. The summed E-state index contributed by atoms with van der Waals surface area (Å²) in [7, 11) is 4.58. The van der Waals surface area contributed by atoms with E-state index in [1.165, 1.54) is 14.2 Å². The maximum Gasteiger partial charge on any atom is 0.272 e. The van der Waals surface area contributed by atoms with Gasteiger partial charge >= 0.3 is 0 Å². The zero-order chi connectivity index (χ0) is 23.8. The van der Waals surface area contributed by atoms with Gasteiger partial charge in [-0.3, -0.25) is 9.59 Å². The standard InChI is InChI=1S/C26H26N2O5/c1-17-5-10-20(11-6-17)27-26(30)22(15-18-7-12-21(31-2)13-8-18)28-25(29)19-9-14-23(32-3)24(16-19)33-4/h5-16H,1-4H3,(H,27,30)(H,28,29)/b22-15-. The molecule has 3 aromatic rings. The molecule has 3 rings (SSSR count). The summed E-state index contributed by atoms with van der Waals surface area (Å²) in [5.41, 5.74) is 2.81. The molecular formula is C26H26N2O5. The molecule has 0 heterocycles. The minimum Gasteiger partial charge on any atom is -0.497 e. The van der Waals surface area contributed by atoms with Gasteiger partial charge in [0.05, 0.1) is 21.3 Å². The average Bonchev–Trinajstić information content (AvgIpc) is 2.84. The fourth-order valence-corrected chi connectivity index (χ4v) is 3.03. The van der Waals surface area contributed by atoms with Crippen LogP contribution in [0.3, 0.4) is 0 Å². The van der Waals surface area contributed by atoms with E-state index in [9.17, 15) is 9.59 Å². The molecule has 0 aliphatic heterocycles. The number of benzene rings is 3. The summed E-state index contributed by atoms with van der Waals surface area (Å²) in [5.74, 6) is 0.681. The summed E-state index contributed by atoms with van der Waals surface area (Å²) in [6.45, 7) is 1.96. The van der Waals surface area contributed by atoms with Crippen molar-refractivity contribution in [1.29, 1.82) is 0 Å². The molecule has 0 saturated carbocycles. The van der Waals surface area contributed by atoms with Crippen molar-refractivity contribution in [3.05, 3.63) is 89.1 Å². The van der Waals surface area contributed by atoms with Crippen LogP contribution in [-0.4, -0.2) is 33.1 Å². The Hall–Kier alpha value is -4.26. The molecule has 0 atom stereocenters. The van der Waals surface area contributed by atoms with Gasteiger partial charge in [-0.05, 0) is 61.0 Å². The highest BCUT2D eigenvalue weighted by Crippen LogP contribution is 2.27. The third-order valence-electron chi connectivity index (χ3n) is 4.87. The van der Waals surface area contributed by atoms with Crippen LogP contribution < -0.4 is 24.8 Å². The molecule has 0 aliphatic carbocycles. The van der Waals surface area contributed by atoms with Crippen molar-refractivity contribution >= 4 is 23.6 Å². The Morgan fingerprint density at radius 2 is 1.45 bits per heavy atom. The first-order chi connectivity index (χ1) is 15.9. The van der Waals surface area contributed by atoms with Crippen LogP contribution in [0.1, 0.15) is 21.5 Å². The van der Waals surface area contributed by atoms with Gasteiger partial charge in [-0.1, -0.05) is 29.8 Å².